The molecule has 2 N–H and O–H groups in total. The molecular formula is C25H29FN6O4. The van der Waals surface area contributed by atoms with Gasteiger partial charge in [0.15, 0.2) is 5.69 Å². The number of hydrogen-bond donors (Lipinski definition) is 2. The summed E-state index contributed by atoms with van der Waals surface area (Å²) in [6, 6.07) is 12.5. The van der Waals surface area contributed by atoms with Gasteiger partial charge in [-0.2, -0.15) is 0 Å². The molecule has 10 nitrogen and oxygen atoms in total. The van der Waals surface area contributed by atoms with Crippen LogP contribution in [-0.4, -0.2) is 77.6 Å². The fourth-order valence-corrected chi connectivity index (χ4v) is 3.78. The van der Waals surface area contributed by atoms with Crippen molar-refractivity contribution in [1.29, 1.82) is 0 Å². The molecule has 1 saturated heterocycles. The van der Waals surface area contributed by atoms with Crippen LogP contribution in [0.4, 0.5) is 4.39 Å². The molecule has 0 atom stereocenters. The summed E-state index contributed by atoms with van der Waals surface area (Å²) < 4.78 is 26.2. The topological polar surface area (TPSA) is 111 Å². The zero-order chi connectivity index (χ0) is 25.3. The normalized spacial score (nSPS) is 13.8. The van der Waals surface area contributed by atoms with Crippen LogP contribution in [0.25, 0.3) is 5.69 Å². The summed E-state index contributed by atoms with van der Waals surface area (Å²) in [7, 11) is 0. The van der Waals surface area contributed by atoms with Gasteiger partial charge in [0.1, 0.15) is 23.9 Å². The molecule has 1 aliphatic rings. The number of nitrogens with one attached hydrogen (secondary N) is 2. The van der Waals surface area contributed by atoms with Crippen LogP contribution in [0.2, 0.25) is 0 Å². The van der Waals surface area contributed by atoms with Crippen LogP contribution in [0.15, 0.2) is 48.5 Å². The van der Waals surface area contributed by atoms with E-state index >= 15 is 0 Å². The summed E-state index contributed by atoms with van der Waals surface area (Å²) in [6.45, 7) is 6.45. The maximum atomic E-state index is 13.6. The van der Waals surface area contributed by atoms with E-state index in [0.717, 1.165) is 13.1 Å². The number of carbonyl (C=O) groups is 2. The summed E-state index contributed by atoms with van der Waals surface area (Å²) in [5.74, 6) is -0.682. The van der Waals surface area contributed by atoms with E-state index in [0.29, 0.717) is 55.5 Å². The smallest absolute Gasteiger partial charge is 0.273 e. The van der Waals surface area contributed by atoms with Gasteiger partial charge in [-0.1, -0.05) is 11.3 Å². The molecule has 3 aromatic rings. The molecule has 0 bridgehead atoms. The Morgan fingerprint density at radius 3 is 2.58 bits per heavy atom. The average Bonchev–Trinajstić information content (AvgIpc) is 3.32. The summed E-state index contributed by atoms with van der Waals surface area (Å²) >= 11 is 0. The molecule has 36 heavy (non-hydrogen) atoms. The van der Waals surface area contributed by atoms with Gasteiger partial charge in [0.2, 0.25) is 0 Å². The fraction of sp³-hybridized carbons (Fsp3) is 0.360. The lowest BCUT2D eigenvalue weighted by atomic mass is 10.2. The lowest BCUT2D eigenvalue weighted by Gasteiger charge is -2.26. The minimum absolute atomic E-state index is 0.0687. The highest BCUT2D eigenvalue weighted by Crippen LogP contribution is 2.19. The SMILES string of the molecule is CCNC(=O)c1ccc(-n2nnc(C(=O)NCCN3CCOCC3)c2COc2cccc(F)c2)cc1. The zero-order valence-corrected chi connectivity index (χ0v) is 20.1. The number of morpholine rings is 1. The van der Waals surface area contributed by atoms with E-state index in [4.69, 9.17) is 9.47 Å². The number of halogens is 1. The van der Waals surface area contributed by atoms with Crippen LogP contribution in [0, 0.1) is 5.82 Å². The second-order valence-electron chi connectivity index (χ2n) is 8.16. The Kier molecular flexibility index (Phi) is 8.58. The molecule has 0 radical (unpaired) electrons. The van der Waals surface area contributed by atoms with E-state index in [-0.39, 0.29) is 24.1 Å². The average molecular weight is 497 g/mol. The fourth-order valence-electron chi connectivity index (χ4n) is 3.78. The molecule has 0 spiro atoms. The monoisotopic (exact) mass is 496 g/mol. The quantitative estimate of drug-likeness (QED) is 0.440. The summed E-state index contributed by atoms with van der Waals surface area (Å²) in [5.41, 5.74) is 1.61. The Labute approximate surface area is 208 Å². The Bertz CT molecular complexity index is 1180. The Balaban J connectivity index is 1.53. The van der Waals surface area contributed by atoms with Crippen LogP contribution < -0.4 is 15.4 Å². The standard InChI is InChI=1S/C25H29FN6O4/c1-2-27-24(33)18-6-8-20(9-7-18)32-22(17-36-21-5-3-4-19(26)16-21)23(29-30-32)25(34)28-10-11-31-12-14-35-15-13-31/h3-9,16H,2,10-15,17H2,1H3,(H,27,33)(H,28,34). The van der Waals surface area contributed by atoms with Crippen LogP contribution in [0.5, 0.6) is 5.75 Å². The molecule has 0 unspecified atom stereocenters. The Morgan fingerprint density at radius 1 is 1.08 bits per heavy atom. The molecule has 2 heterocycles. The number of hydrogen-bond acceptors (Lipinski definition) is 7. The highest BCUT2D eigenvalue weighted by molar-refractivity contribution is 5.94. The second kappa shape index (κ2) is 12.2. The predicted octanol–water partition coefficient (Wildman–Crippen LogP) is 1.80. The minimum Gasteiger partial charge on any atom is -0.487 e. The van der Waals surface area contributed by atoms with E-state index in [1.165, 1.54) is 16.8 Å². The van der Waals surface area contributed by atoms with E-state index in [1.807, 2.05) is 6.92 Å². The van der Waals surface area contributed by atoms with Crippen LogP contribution in [0.1, 0.15) is 33.5 Å². The molecule has 11 heteroatoms. The van der Waals surface area contributed by atoms with E-state index in [1.54, 1.807) is 36.4 Å². The van der Waals surface area contributed by atoms with Crippen molar-refractivity contribution in [3.63, 3.8) is 0 Å². The Hall–Kier alpha value is -3.83. The third-order valence-electron chi connectivity index (χ3n) is 5.68. The molecule has 2 amide bonds. The number of amides is 2. The zero-order valence-electron chi connectivity index (χ0n) is 20.1. The van der Waals surface area contributed by atoms with Crippen molar-refractivity contribution < 1.29 is 23.5 Å². The lowest BCUT2D eigenvalue weighted by molar-refractivity contribution is 0.0383. The third kappa shape index (κ3) is 6.43. The first-order valence-corrected chi connectivity index (χ1v) is 11.8. The van der Waals surface area contributed by atoms with Gasteiger partial charge in [-0.15, -0.1) is 5.10 Å². The van der Waals surface area contributed by atoms with Gasteiger partial charge >= 0.3 is 0 Å². The van der Waals surface area contributed by atoms with Crippen molar-refractivity contribution in [2.45, 2.75) is 13.5 Å². The predicted molar refractivity (Wildman–Crippen MR) is 130 cm³/mol. The first-order chi connectivity index (χ1) is 17.5. The van der Waals surface area contributed by atoms with Crippen LogP contribution >= 0.6 is 0 Å². The molecule has 4 rings (SSSR count). The summed E-state index contributed by atoms with van der Waals surface area (Å²) in [4.78, 5) is 27.3. The first-order valence-electron chi connectivity index (χ1n) is 11.8. The molecule has 1 aromatic heterocycles. The maximum absolute atomic E-state index is 13.6. The van der Waals surface area contributed by atoms with E-state index < -0.39 is 5.82 Å². The lowest BCUT2D eigenvalue weighted by Crippen LogP contribution is -2.41. The van der Waals surface area contributed by atoms with Crippen molar-refractivity contribution in [3.8, 4) is 11.4 Å². The molecule has 0 aliphatic carbocycles. The highest BCUT2D eigenvalue weighted by atomic mass is 19.1. The number of rotatable bonds is 10. The Morgan fingerprint density at radius 2 is 1.86 bits per heavy atom. The molecule has 2 aromatic carbocycles. The number of benzene rings is 2. The maximum Gasteiger partial charge on any atom is 0.273 e. The third-order valence-corrected chi connectivity index (χ3v) is 5.68. The second-order valence-corrected chi connectivity index (χ2v) is 8.16. The van der Waals surface area contributed by atoms with Gasteiger partial charge in [-0.3, -0.25) is 14.5 Å². The molecule has 1 fully saturated rings. The van der Waals surface area contributed by atoms with Gasteiger partial charge in [-0.05, 0) is 43.3 Å². The molecular weight excluding hydrogens is 467 g/mol. The van der Waals surface area contributed by atoms with Crippen molar-refractivity contribution in [2.24, 2.45) is 0 Å². The minimum atomic E-state index is -0.429. The van der Waals surface area contributed by atoms with Crippen molar-refractivity contribution in [2.75, 3.05) is 45.9 Å². The van der Waals surface area contributed by atoms with Crippen molar-refractivity contribution in [1.82, 2.24) is 30.5 Å². The molecule has 1 aliphatic heterocycles. The molecule has 190 valence electrons. The van der Waals surface area contributed by atoms with Gasteiger partial charge < -0.3 is 20.1 Å². The highest BCUT2D eigenvalue weighted by Gasteiger charge is 2.22. The van der Waals surface area contributed by atoms with Gasteiger partial charge in [0.05, 0.1) is 18.9 Å². The van der Waals surface area contributed by atoms with Crippen LogP contribution in [-0.2, 0) is 11.3 Å². The van der Waals surface area contributed by atoms with Crippen molar-refractivity contribution in [3.05, 3.63) is 71.3 Å². The first kappa shape index (κ1) is 25.3. The van der Waals surface area contributed by atoms with Crippen LogP contribution in [0.3, 0.4) is 0 Å². The van der Waals surface area contributed by atoms with Gasteiger partial charge in [0, 0.05) is 44.4 Å². The summed E-state index contributed by atoms with van der Waals surface area (Å²) in [5, 5.41) is 13.9. The molecule has 0 saturated carbocycles. The van der Waals surface area contributed by atoms with E-state index in [2.05, 4.69) is 25.8 Å². The van der Waals surface area contributed by atoms with Crippen molar-refractivity contribution >= 4 is 11.8 Å². The largest absolute Gasteiger partial charge is 0.487 e. The van der Waals surface area contributed by atoms with Gasteiger partial charge in [-0.25, -0.2) is 9.07 Å². The van der Waals surface area contributed by atoms with Gasteiger partial charge in [0.25, 0.3) is 11.8 Å². The number of aromatic nitrogens is 3. The summed E-state index contributed by atoms with van der Waals surface area (Å²) in [6.07, 6.45) is 0. The number of carbonyl (C=O) groups excluding carboxylic acids is 2. The number of nitrogens with zero attached hydrogens (tertiary/aromatic N) is 4. The van der Waals surface area contributed by atoms with E-state index in [9.17, 15) is 14.0 Å². The number of ether oxygens (including phenoxy) is 2.